The summed E-state index contributed by atoms with van der Waals surface area (Å²) in [5.74, 6) is -0.358. The van der Waals surface area contributed by atoms with Crippen LogP contribution in [0, 0.1) is 0 Å². The number of aromatic nitrogens is 1. The molecule has 0 radical (unpaired) electrons. The molecule has 0 spiro atoms. The Morgan fingerprint density at radius 2 is 1.72 bits per heavy atom. The Morgan fingerprint density at radius 3 is 2.41 bits per heavy atom. The summed E-state index contributed by atoms with van der Waals surface area (Å²) in [5, 5.41) is 5.80. The van der Waals surface area contributed by atoms with E-state index in [1.54, 1.807) is 30.6 Å². The molecule has 0 saturated heterocycles. The number of rotatable bonds is 7. The maximum Gasteiger partial charge on any atom is 0.252 e. The van der Waals surface area contributed by atoms with Crippen molar-refractivity contribution in [1.29, 1.82) is 0 Å². The van der Waals surface area contributed by atoms with Crippen molar-refractivity contribution in [3.8, 4) is 0 Å². The van der Waals surface area contributed by atoms with Gasteiger partial charge in [0.2, 0.25) is 5.91 Å². The molecular weight excluding hydrogens is 400 g/mol. The SMILES string of the molecule is Nc1ccccc1NC(=O)C=Cc1ccc(C=C(C(=O)NC2CC2)c2cccnc2)cc1. The van der Waals surface area contributed by atoms with Crippen molar-refractivity contribution in [1.82, 2.24) is 10.3 Å². The number of nitrogens with zero attached hydrogens (tertiary/aromatic N) is 1. The molecule has 2 amide bonds. The van der Waals surface area contributed by atoms with E-state index in [1.165, 1.54) is 6.08 Å². The second kappa shape index (κ2) is 9.75. The summed E-state index contributed by atoms with van der Waals surface area (Å²) in [6, 6.07) is 18.7. The molecule has 160 valence electrons. The molecule has 1 saturated carbocycles. The van der Waals surface area contributed by atoms with Crippen molar-refractivity contribution in [2.24, 2.45) is 0 Å². The van der Waals surface area contributed by atoms with Crippen LogP contribution < -0.4 is 16.4 Å². The van der Waals surface area contributed by atoms with E-state index in [2.05, 4.69) is 15.6 Å². The highest BCUT2D eigenvalue weighted by atomic mass is 16.2. The van der Waals surface area contributed by atoms with Crippen LogP contribution in [0.15, 0.2) is 79.1 Å². The fourth-order valence-corrected chi connectivity index (χ4v) is 3.12. The number of amides is 2. The van der Waals surface area contributed by atoms with Gasteiger partial charge in [0.25, 0.3) is 5.91 Å². The van der Waals surface area contributed by atoms with Gasteiger partial charge in [-0.2, -0.15) is 0 Å². The molecule has 2 aromatic carbocycles. The minimum absolute atomic E-state index is 0.0960. The van der Waals surface area contributed by atoms with Crippen molar-refractivity contribution in [2.45, 2.75) is 18.9 Å². The lowest BCUT2D eigenvalue weighted by atomic mass is 10.0. The molecule has 3 aromatic rings. The summed E-state index contributed by atoms with van der Waals surface area (Å²) in [4.78, 5) is 29.0. The van der Waals surface area contributed by atoms with E-state index < -0.39 is 0 Å². The van der Waals surface area contributed by atoms with Crippen molar-refractivity contribution in [3.63, 3.8) is 0 Å². The summed E-state index contributed by atoms with van der Waals surface area (Å²) in [6.45, 7) is 0. The van der Waals surface area contributed by atoms with Crippen LogP contribution in [0.2, 0.25) is 0 Å². The van der Waals surface area contributed by atoms with Crippen LogP contribution in [0.3, 0.4) is 0 Å². The van der Waals surface area contributed by atoms with Gasteiger partial charge in [-0.15, -0.1) is 0 Å². The number of hydrogen-bond acceptors (Lipinski definition) is 4. The minimum Gasteiger partial charge on any atom is -0.397 e. The van der Waals surface area contributed by atoms with Gasteiger partial charge in [-0.3, -0.25) is 14.6 Å². The monoisotopic (exact) mass is 424 g/mol. The van der Waals surface area contributed by atoms with Crippen LogP contribution in [-0.4, -0.2) is 22.8 Å². The molecule has 1 aromatic heterocycles. The Balaban J connectivity index is 1.47. The molecule has 1 heterocycles. The number of carbonyl (C=O) groups excluding carboxylic acids is 2. The fourth-order valence-electron chi connectivity index (χ4n) is 3.12. The second-order valence-corrected chi connectivity index (χ2v) is 7.62. The van der Waals surface area contributed by atoms with Crippen LogP contribution in [0.1, 0.15) is 29.5 Å². The number of pyridine rings is 1. The maximum absolute atomic E-state index is 12.7. The first-order valence-electron chi connectivity index (χ1n) is 10.4. The largest absolute Gasteiger partial charge is 0.397 e. The smallest absolute Gasteiger partial charge is 0.252 e. The van der Waals surface area contributed by atoms with Crippen LogP contribution in [-0.2, 0) is 9.59 Å². The summed E-state index contributed by atoms with van der Waals surface area (Å²) >= 11 is 0. The highest BCUT2D eigenvalue weighted by Crippen LogP contribution is 2.23. The third-order valence-electron chi connectivity index (χ3n) is 5.02. The standard InChI is InChI=1S/C26H24N4O2/c27-23-5-1-2-6-24(23)30-25(31)14-11-18-7-9-19(10-8-18)16-22(20-4-3-15-28-17-20)26(32)29-21-12-13-21/h1-11,14-17,21H,12-13,27H2,(H,29,32)(H,30,31). The molecular formula is C26H24N4O2. The van der Waals surface area contributed by atoms with E-state index in [0.29, 0.717) is 16.9 Å². The average Bonchev–Trinajstić information content (AvgIpc) is 3.63. The van der Waals surface area contributed by atoms with Gasteiger partial charge >= 0.3 is 0 Å². The Labute approximate surface area is 186 Å². The zero-order valence-electron chi connectivity index (χ0n) is 17.5. The van der Waals surface area contributed by atoms with E-state index in [-0.39, 0.29) is 17.9 Å². The van der Waals surface area contributed by atoms with E-state index in [1.807, 2.05) is 54.6 Å². The van der Waals surface area contributed by atoms with Gasteiger partial charge in [-0.05, 0) is 54.3 Å². The molecule has 0 atom stereocenters. The summed E-state index contributed by atoms with van der Waals surface area (Å²) < 4.78 is 0. The first kappa shape index (κ1) is 21.1. The third-order valence-corrected chi connectivity index (χ3v) is 5.02. The predicted octanol–water partition coefficient (Wildman–Crippen LogP) is 4.13. The lowest BCUT2D eigenvalue weighted by Crippen LogP contribution is -2.26. The average molecular weight is 425 g/mol. The normalized spacial score (nSPS) is 13.7. The summed E-state index contributed by atoms with van der Waals surface area (Å²) in [6.07, 6.45) is 10.5. The number of anilines is 2. The highest BCUT2D eigenvalue weighted by molar-refractivity contribution is 6.24. The Morgan fingerprint density at radius 1 is 0.969 bits per heavy atom. The second-order valence-electron chi connectivity index (χ2n) is 7.62. The molecule has 0 unspecified atom stereocenters. The van der Waals surface area contributed by atoms with Crippen LogP contribution >= 0.6 is 0 Å². The number of nitrogens with two attached hydrogens (primary N) is 1. The van der Waals surface area contributed by atoms with Gasteiger partial charge in [-0.25, -0.2) is 0 Å². The molecule has 0 aliphatic heterocycles. The Kier molecular flexibility index (Phi) is 6.41. The zero-order chi connectivity index (χ0) is 22.3. The number of hydrogen-bond donors (Lipinski definition) is 3. The van der Waals surface area contributed by atoms with Crippen molar-refractivity contribution < 1.29 is 9.59 Å². The van der Waals surface area contributed by atoms with E-state index in [4.69, 9.17) is 5.73 Å². The van der Waals surface area contributed by atoms with Gasteiger partial charge in [0.1, 0.15) is 0 Å². The first-order valence-corrected chi connectivity index (χ1v) is 10.4. The van der Waals surface area contributed by atoms with E-state index in [9.17, 15) is 9.59 Å². The lowest BCUT2D eigenvalue weighted by Gasteiger charge is -2.09. The predicted molar refractivity (Wildman–Crippen MR) is 128 cm³/mol. The quantitative estimate of drug-likeness (QED) is 0.392. The van der Waals surface area contributed by atoms with E-state index >= 15 is 0 Å². The van der Waals surface area contributed by atoms with Gasteiger partial charge in [0, 0.05) is 35.6 Å². The number of carbonyl (C=O) groups is 2. The Bertz CT molecular complexity index is 1160. The third kappa shape index (κ3) is 5.70. The van der Waals surface area contributed by atoms with Gasteiger partial charge in [-0.1, -0.05) is 42.5 Å². The summed E-state index contributed by atoms with van der Waals surface area (Å²) in [5.41, 5.74) is 10.0. The molecule has 4 rings (SSSR count). The van der Waals surface area contributed by atoms with Crippen molar-refractivity contribution in [3.05, 3.63) is 95.8 Å². The number of nitrogen functional groups attached to an aromatic ring is 1. The van der Waals surface area contributed by atoms with Crippen LogP contribution in [0.25, 0.3) is 17.7 Å². The molecule has 1 aliphatic rings. The first-order chi connectivity index (χ1) is 15.6. The molecule has 6 nitrogen and oxygen atoms in total. The number of nitrogens with one attached hydrogen (secondary N) is 2. The van der Waals surface area contributed by atoms with Gasteiger partial charge in [0.05, 0.1) is 11.4 Å². The molecule has 32 heavy (non-hydrogen) atoms. The molecule has 4 N–H and O–H groups in total. The number of benzene rings is 2. The molecule has 0 bridgehead atoms. The molecule has 6 heteroatoms. The number of para-hydroxylation sites is 2. The van der Waals surface area contributed by atoms with Crippen molar-refractivity contribution in [2.75, 3.05) is 11.1 Å². The highest BCUT2D eigenvalue weighted by Gasteiger charge is 2.25. The minimum atomic E-state index is -0.262. The Hall–Kier alpha value is -4.19. The fraction of sp³-hybridized carbons (Fsp3) is 0.115. The molecule has 1 fully saturated rings. The van der Waals surface area contributed by atoms with Crippen LogP contribution in [0.5, 0.6) is 0 Å². The molecule has 1 aliphatic carbocycles. The maximum atomic E-state index is 12.7. The van der Waals surface area contributed by atoms with Crippen molar-refractivity contribution >= 4 is 40.9 Å². The summed E-state index contributed by atoms with van der Waals surface area (Å²) in [7, 11) is 0. The van der Waals surface area contributed by atoms with E-state index in [0.717, 1.165) is 29.5 Å². The lowest BCUT2D eigenvalue weighted by molar-refractivity contribution is -0.115. The zero-order valence-corrected chi connectivity index (χ0v) is 17.5. The van der Waals surface area contributed by atoms with Gasteiger partial charge < -0.3 is 16.4 Å². The topological polar surface area (TPSA) is 97.1 Å². The van der Waals surface area contributed by atoms with Gasteiger partial charge in [0.15, 0.2) is 0 Å². The van der Waals surface area contributed by atoms with Crippen LogP contribution in [0.4, 0.5) is 11.4 Å².